The van der Waals surface area contributed by atoms with Crippen molar-refractivity contribution in [1.82, 2.24) is 20.3 Å². The first-order valence-electron chi connectivity index (χ1n) is 15.6. The number of nitrogens with zero attached hydrogens (tertiary/aromatic N) is 1. The van der Waals surface area contributed by atoms with Crippen molar-refractivity contribution in [2.75, 3.05) is 19.3 Å². The van der Waals surface area contributed by atoms with Gasteiger partial charge in [0.2, 0.25) is 15.9 Å². The summed E-state index contributed by atoms with van der Waals surface area (Å²) in [6.07, 6.45) is -3.35. The summed E-state index contributed by atoms with van der Waals surface area (Å²) in [5.74, 6) is -2.77. The number of hydrogen-bond donors (Lipinski definition) is 4. The number of rotatable bonds is 14. The van der Waals surface area contributed by atoms with Gasteiger partial charge in [-0.25, -0.2) is 26.6 Å². The number of para-hydroxylation sites is 1. The number of halogens is 5. The number of carboxylic acids is 1. The van der Waals surface area contributed by atoms with E-state index in [1.165, 1.54) is 26.0 Å². The number of pyridine rings is 1. The number of carbonyl (C=O) groups excluding carboxylic acids is 1. The van der Waals surface area contributed by atoms with Crippen LogP contribution in [0.5, 0.6) is 5.75 Å². The smallest absolute Gasteiger partial charge is 0.487 e. The number of carbonyl (C=O) groups is 2. The normalized spacial score (nSPS) is 12.2. The standard InChI is InChI=1S/C32H36Cl2N4O6S2.C2HF3O2/c1-21-9-12-23-7-5-8-27(30(23)37-21)44-20-25-26(33)15-16-28(29(25)34)46(42,43)38-32(2,3)31(39)36-18-6-17-35-19-22-10-13-24(14-11-22)45(4,40)41;3-2(4,5)1(6)7/h5,7-16,35,38H,6,17-20H2,1-4H3,(H,36,39);(H,6,7). The summed E-state index contributed by atoms with van der Waals surface area (Å²) in [6, 6.07) is 18.7. The lowest BCUT2D eigenvalue weighted by atomic mass is 10.1. The maximum atomic E-state index is 13.4. The summed E-state index contributed by atoms with van der Waals surface area (Å²) in [5.41, 5.74) is 1.17. The predicted octanol–water partition coefficient (Wildman–Crippen LogP) is 5.82. The highest BCUT2D eigenvalue weighted by Crippen LogP contribution is 2.33. The van der Waals surface area contributed by atoms with Gasteiger partial charge in [-0.05, 0) is 75.7 Å². The number of sulfone groups is 1. The molecule has 0 spiro atoms. The summed E-state index contributed by atoms with van der Waals surface area (Å²) >= 11 is 13.0. The van der Waals surface area contributed by atoms with Crippen molar-refractivity contribution in [3.63, 3.8) is 0 Å². The van der Waals surface area contributed by atoms with Gasteiger partial charge in [-0.1, -0.05) is 53.5 Å². The number of alkyl halides is 3. The fraction of sp³-hybridized carbons (Fsp3) is 0.324. The predicted molar refractivity (Wildman–Crippen MR) is 194 cm³/mol. The van der Waals surface area contributed by atoms with Crippen LogP contribution in [0.15, 0.2) is 76.5 Å². The number of sulfonamides is 1. The Bertz CT molecular complexity index is 2170. The highest BCUT2D eigenvalue weighted by atomic mass is 35.5. The third kappa shape index (κ3) is 12.5. The summed E-state index contributed by atoms with van der Waals surface area (Å²) in [6.45, 7) is 6.08. The highest BCUT2D eigenvalue weighted by Gasteiger charge is 2.38. The minimum atomic E-state index is -5.08. The molecule has 4 aromatic rings. The maximum absolute atomic E-state index is 13.4. The molecule has 0 unspecified atom stereocenters. The molecule has 0 aliphatic rings. The Balaban J connectivity index is 0.000000980. The molecule has 3 aromatic carbocycles. The van der Waals surface area contributed by atoms with E-state index in [0.29, 0.717) is 37.3 Å². The third-order valence-electron chi connectivity index (χ3n) is 7.33. The van der Waals surface area contributed by atoms with Crippen LogP contribution in [0, 0.1) is 6.92 Å². The molecule has 0 radical (unpaired) electrons. The zero-order valence-corrected chi connectivity index (χ0v) is 32.0. The Morgan fingerprint density at radius 2 is 1.57 bits per heavy atom. The van der Waals surface area contributed by atoms with E-state index in [4.69, 9.17) is 37.8 Å². The lowest BCUT2D eigenvalue weighted by Crippen LogP contribution is -2.54. The Morgan fingerprint density at radius 1 is 0.925 bits per heavy atom. The summed E-state index contributed by atoms with van der Waals surface area (Å²) < 4.78 is 90.3. The van der Waals surface area contributed by atoms with Crippen LogP contribution in [0.2, 0.25) is 10.0 Å². The number of hydrogen-bond acceptors (Lipinski definition) is 9. The van der Waals surface area contributed by atoms with Crippen LogP contribution < -0.4 is 20.1 Å². The number of aryl methyl sites for hydroxylation is 1. The van der Waals surface area contributed by atoms with Gasteiger partial charge < -0.3 is 20.5 Å². The molecule has 19 heteroatoms. The van der Waals surface area contributed by atoms with E-state index in [9.17, 15) is 34.8 Å². The molecule has 1 heterocycles. The second-order valence-electron chi connectivity index (χ2n) is 12.1. The van der Waals surface area contributed by atoms with E-state index >= 15 is 0 Å². The van der Waals surface area contributed by atoms with Crippen LogP contribution in [0.25, 0.3) is 10.9 Å². The van der Waals surface area contributed by atoms with Crippen LogP contribution in [0.1, 0.15) is 37.1 Å². The van der Waals surface area contributed by atoms with Crippen molar-refractivity contribution in [3.05, 3.63) is 93.6 Å². The molecule has 288 valence electrons. The van der Waals surface area contributed by atoms with Gasteiger partial charge in [0.15, 0.2) is 9.84 Å². The van der Waals surface area contributed by atoms with E-state index in [2.05, 4.69) is 20.3 Å². The van der Waals surface area contributed by atoms with Gasteiger partial charge in [-0.3, -0.25) is 4.79 Å². The summed E-state index contributed by atoms with van der Waals surface area (Å²) in [4.78, 5) is 26.4. The molecule has 0 aliphatic heterocycles. The highest BCUT2D eigenvalue weighted by molar-refractivity contribution is 7.90. The largest absolute Gasteiger partial charge is 0.490 e. The number of ether oxygens (including phenoxy) is 1. The molecule has 12 nitrogen and oxygen atoms in total. The van der Waals surface area contributed by atoms with Crippen LogP contribution in [0.4, 0.5) is 13.2 Å². The van der Waals surface area contributed by atoms with Crippen LogP contribution >= 0.6 is 23.2 Å². The number of aromatic nitrogens is 1. The van der Waals surface area contributed by atoms with Crippen molar-refractivity contribution in [1.29, 1.82) is 0 Å². The molecule has 0 aliphatic carbocycles. The summed E-state index contributed by atoms with van der Waals surface area (Å²) in [5, 5.41) is 14.1. The molecule has 1 amide bonds. The quantitative estimate of drug-likeness (QED) is 0.113. The van der Waals surface area contributed by atoms with E-state index in [-0.39, 0.29) is 32.0 Å². The van der Waals surface area contributed by atoms with Crippen LogP contribution in [0.3, 0.4) is 0 Å². The molecule has 4 N–H and O–H groups in total. The molecular weight excluding hydrogens is 784 g/mol. The van der Waals surface area contributed by atoms with Gasteiger partial charge in [0, 0.05) is 41.0 Å². The number of benzene rings is 3. The Kier molecular flexibility index (Phi) is 14.6. The second kappa shape index (κ2) is 17.9. The lowest BCUT2D eigenvalue weighted by Gasteiger charge is -2.25. The SMILES string of the molecule is Cc1ccc2cccc(OCc3c(Cl)ccc(S(=O)(=O)NC(C)(C)C(=O)NCCCNCc4ccc(S(C)(=O)=O)cc4)c3Cl)c2n1.O=C(O)C(F)(F)F. The number of carboxylic acid groups (broad SMARTS) is 1. The van der Waals surface area contributed by atoms with Crippen molar-refractivity contribution in [2.24, 2.45) is 0 Å². The molecule has 0 fully saturated rings. The molecule has 0 saturated carbocycles. The van der Waals surface area contributed by atoms with Crippen LogP contribution in [-0.4, -0.2) is 69.9 Å². The van der Waals surface area contributed by atoms with E-state index in [0.717, 1.165) is 22.9 Å². The average molecular weight is 822 g/mol. The third-order valence-corrected chi connectivity index (χ3v) is 11.1. The Hall–Kier alpha value is -4.00. The lowest BCUT2D eigenvalue weighted by molar-refractivity contribution is -0.192. The molecule has 4 rings (SSSR count). The number of nitrogens with one attached hydrogen (secondary N) is 3. The zero-order valence-electron chi connectivity index (χ0n) is 28.8. The molecule has 0 atom stereocenters. The minimum absolute atomic E-state index is 0.111. The van der Waals surface area contributed by atoms with Crippen molar-refractivity contribution < 1.29 is 49.4 Å². The van der Waals surface area contributed by atoms with Gasteiger partial charge in [0.25, 0.3) is 0 Å². The number of amides is 1. The second-order valence-corrected chi connectivity index (χ2v) is 16.6. The fourth-order valence-corrected chi connectivity index (χ4v) is 7.46. The molecule has 0 bridgehead atoms. The Labute approximate surface area is 315 Å². The van der Waals surface area contributed by atoms with E-state index in [1.807, 2.05) is 31.2 Å². The van der Waals surface area contributed by atoms with Gasteiger partial charge in [0.05, 0.1) is 9.92 Å². The number of aliphatic carboxylic acids is 1. The first kappa shape index (κ1) is 43.4. The van der Waals surface area contributed by atoms with Gasteiger partial charge in [-0.15, -0.1) is 0 Å². The number of fused-ring (bicyclic) bond motifs is 1. The topological polar surface area (TPSA) is 181 Å². The monoisotopic (exact) mass is 820 g/mol. The molecule has 0 saturated heterocycles. The Morgan fingerprint density at radius 3 is 2.17 bits per heavy atom. The van der Waals surface area contributed by atoms with Crippen molar-refractivity contribution in [2.45, 2.75) is 61.8 Å². The molecule has 53 heavy (non-hydrogen) atoms. The molecular formula is C34H37Cl2F3N4O8S2. The first-order valence-corrected chi connectivity index (χ1v) is 19.7. The maximum Gasteiger partial charge on any atom is 0.490 e. The van der Waals surface area contributed by atoms with Gasteiger partial charge >= 0.3 is 12.1 Å². The van der Waals surface area contributed by atoms with Crippen LogP contribution in [-0.2, 0) is 42.6 Å². The van der Waals surface area contributed by atoms with Gasteiger partial charge in [-0.2, -0.15) is 17.9 Å². The van der Waals surface area contributed by atoms with Crippen molar-refractivity contribution in [3.8, 4) is 5.75 Å². The average Bonchev–Trinajstić information content (AvgIpc) is 3.05. The first-order chi connectivity index (χ1) is 24.5. The molecule has 1 aromatic heterocycles. The summed E-state index contributed by atoms with van der Waals surface area (Å²) in [7, 11) is -7.51. The van der Waals surface area contributed by atoms with Crippen molar-refractivity contribution >= 4 is 65.8 Å². The fourth-order valence-electron chi connectivity index (χ4n) is 4.56. The minimum Gasteiger partial charge on any atom is -0.487 e. The zero-order chi connectivity index (χ0) is 39.8. The van der Waals surface area contributed by atoms with E-state index < -0.39 is 43.5 Å². The van der Waals surface area contributed by atoms with Gasteiger partial charge in [0.1, 0.15) is 28.3 Å². The van der Waals surface area contributed by atoms with E-state index in [1.54, 1.807) is 30.3 Å².